The van der Waals surface area contributed by atoms with Crippen molar-refractivity contribution in [3.63, 3.8) is 0 Å². The molecule has 1 heterocycles. The molecular weight excluding hydrogens is 266 g/mol. The molecule has 2 amide bonds. The number of imide groups is 1. The number of hydrogen-bond acceptors (Lipinski definition) is 3. The summed E-state index contributed by atoms with van der Waals surface area (Å²) in [7, 11) is 0. The molecule has 2 aliphatic rings. The van der Waals surface area contributed by atoms with E-state index in [1.807, 2.05) is 19.1 Å². The number of carbonyl (C=O) groups excluding carboxylic acids is 2. The van der Waals surface area contributed by atoms with Crippen molar-refractivity contribution in [2.75, 3.05) is 11.5 Å². The molecule has 0 spiro atoms. The summed E-state index contributed by atoms with van der Waals surface area (Å²) < 4.78 is 5.40. The van der Waals surface area contributed by atoms with Gasteiger partial charge in [-0.05, 0) is 56.4 Å². The molecule has 1 aromatic carbocycles. The number of benzene rings is 1. The van der Waals surface area contributed by atoms with Crippen molar-refractivity contribution in [2.45, 2.75) is 33.1 Å². The Labute approximate surface area is 125 Å². The molecule has 1 saturated carbocycles. The molecule has 1 saturated heterocycles. The fourth-order valence-corrected chi connectivity index (χ4v) is 3.50. The number of anilines is 1. The topological polar surface area (TPSA) is 46.6 Å². The number of ether oxygens (including phenoxy) is 1. The normalized spacial score (nSPS) is 28.7. The molecule has 3 atom stereocenters. The number of hydrogen-bond donors (Lipinski definition) is 0. The Morgan fingerprint density at radius 2 is 1.76 bits per heavy atom. The Bertz CT molecular complexity index is 552. The SMILES string of the molecule is CCOc1ccc(N2C(=O)[C@H]3CC[C@H](C)C[C@@H]3C2=O)cc1. The smallest absolute Gasteiger partial charge is 0.237 e. The van der Waals surface area contributed by atoms with Crippen LogP contribution in [0.5, 0.6) is 5.75 Å². The van der Waals surface area contributed by atoms with Gasteiger partial charge < -0.3 is 4.74 Å². The van der Waals surface area contributed by atoms with Gasteiger partial charge in [-0.15, -0.1) is 0 Å². The van der Waals surface area contributed by atoms with Gasteiger partial charge in [0, 0.05) is 0 Å². The molecule has 0 bridgehead atoms. The zero-order valence-electron chi connectivity index (χ0n) is 12.5. The third kappa shape index (κ3) is 2.43. The number of amides is 2. The maximum Gasteiger partial charge on any atom is 0.237 e. The van der Waals surface area contributed by atoms with Gasteiger partial charge in [-0.25, -0.2) is 0 Å². The molecule has 21 heavy (non-hydrogen) atoms. The van der Waals surface area contributed by atoms with Gasteiger partial charge in [-0.1, -0.05) is 6.92 Å². The molecule has 4 heteroatoms. The van der Waals surface area contributed by atoms with Crippen molar-refractivity contribution >= 4 is 17.5 Å². The predicted molar refractivity (Wildman–Crippen MR) is 80.1 cm³/mol. The highest BCUT2D eigenvalue weighted by Crippen LogP contribution is 2.42. The first kappa shape index (κ1) is 14.1. The van der Waals surface area contributed by atoms with E-state index in [1.165, 1.54) is 4.90 Å². The Morgan fingerprint density at radius 3 is 2.43 bits per heavy atom. The minimum atomic E-state index is -0.118. The van der Waals surface area contributed by atoms with E-state index in [-0.39, 0.29) is 23.7 Å². The minimum Gasteiger partial charge on any atom is -0.494 e. The summed E-state index contributed by atoms with van der Waals surface area (Å²) in [6.45, 7) is 4.68. The number of rotatable bonds is 3. The minimum absolute atomic E-state index is 0.0268. The highest BCUT2D eigenvalue weighted by atomic mass is 16.5. The van der Waals surface area contributed by atoms with Gasteiger partial charge in [0.25, 0.3) is 0 Å². The Hall–Kier alpha value is -1.84. The lowest BCUT2D eigenvalue weighted by Crippen LogP contribution is -2.30. The lowest BCUT2D eigenvalue weighted by molar-refractivity contribution is -0.122. The van der Waals surface area contributed by atoms with Crippen LogP contribution in [-0.4, -0.2) is 18.4 Å². The van der Waals surface area contributed by atoms with Gasteiger partial charge in [-0.3, -0.25) is 14.5 Å². The molecule has 3 rings (SSSR count). The van der Waals surface area contributed by atoms with Crippen LogP contribution in [0.4, 0.5) is 5.69 Å². The third-order valence-corrected chi connectivity index (χ3v) is 4.59. The van der Waals surface area contributed by atoms with E-state index in [1.54, 1.807) is 12.1 Å². The van der Waals surface area contributed by atoms with E-state index < -0.39 is 0 Å². The van der Waals surface area contributed by atoms with Crippen LogP contribution in [0, 0.1) is 17.8 Å². The highest BCUT2D eigenvalue weighted by molar-refractivity contribution is 6.22. The van der Waals surface area contributed by atoms with Gasteiger partial charge in [0.05, 0.1) is 24.1 Å². The van der Waals surface area contributed by atoms with E-state index in [0.717, 1.165) is 25.0 Å². The second-order valence-corrected chi connectivity index (χ2v) is 6.07. The van der Waals surface area contributed by atoms with Crippen LogP contribution >= 0.6 is 0 Å². The van der Waals surface area contributed by atoms with E-state index in [4.69, 9.17) is 4.74 Å². The molecule has 1 aliphatic heterocycles. The van der Waals surface area contributed by atoms with Crippen molar-refractivity contribution in [2.24, 2.45) is 17.8 Å². The molecule has 1 aliphatic carbocycles. The quantitative estimate of drug-likeness (QED) is 0.803. The van der Waals surface area contributed by atoms with Crippen molar-refractivity contribution in [3.05, 3.63) is 24.3 Å². The summed E-state index contributed by atoms with van der Waals surface area (Å²) >= 11 is 0. The zero-order valence-corrected chi connectivity index (χ0v) is 12.5. The van der Waals surface area contributed by atoms with E-state index in [0.29, 0.717) is 18.2 Å². The van der Waals surface area contributed by atoms with E-state index in [9.17, 15) is 9.59 Å². The maximum absolute atomic E-state index is 12.6. The van der Waals surface area contributed by atoms with Crippen LogP contribution in [0.1, 0.15) is 33.1 Å². The number of fused-ring (bicyclic) bond motifs is 1. The highest BCUT2D eigenvalue weighted by Gasteiger charge is 2.49. The third-order valence-electron chi connectivity index (χ3n) is 4.59. The fourth-order valence-electron chi connectivity index (χ4n) is 3.50. The van der Waals surface area contributed by atoms with Crippen LogP contribution < -0.4 is 9.64 Å². The lowest BCUT2D eigenvalue weighted by atomic mass is 9.76. The summed E-state index contributed by atoms with van der Waals surface area (Å²) in [5.41, 5.74) is 0.663. The molecule has 1 aromatic rings. The largest absolute Gasteiger partial charge is 0.494 e. The molecule has 0 aromatic heterocycles. The van der Waals surface area contributed by atoms with Gasteiger partial charge >= 0.3 is 0 Å². The van der Waals surface area contributed by atoms with Crippen LogP contribution in [0.25, 0.3) is 0 Å². The van der Waals surface area contributed by atoms with Crippen LogP contribution in [0.15, 0.2) is 24.3 Å². The van der Waals surface area contributed by atoms with Crippen molar-refractivity contribution < 1.29 is 14.3 Å². The second-order valence-electron chi connectivity index (χ2n) is 6.07. The Kier molecular flexibility index (Phi) is 3.70. The number of carbonyl (C=O) groups is 2. The summed E-state index contributed by atoms with van der Waals surface area (Å²) in [6, 6.07) is 7.21. The standard InChI is InChI=1S/C17H21NO3/c1-3-21-13-7-5-12(6-8-13)18-16(19)14-9-4-11(2)10-15(14)17(18)20/h5-8,11,14-15H,3-4,9-10H2,1-2H3/t11-,14-,15-/m0/s1. The predicted octanol–water partition coefficient (Wildman–Crippen LogP) is 3.01. The van der Waals surface area contributed by atoms with Crippen LogP contribution in [0.3, 0.4) is 0 Å². The van der Waals surface area contributed by atoms with E-state index in [2.05, 4.69) is 6.92 Å². The van der Waals surface area contributed by atoms with Gasteiger partial charge in [0.1, 0.15) is 5.75 Å². The first-order valence-electron chi connectivity index (χ1n) is 7.72. The van der Waals surface area contributed by atoms with Crippen molar-refractivity contribution in [3.8, 4) is 5.75 Å². The van der Waals surface area contributed by atoms with E-state index >= 15 is 0 Å². The van der Waals surface area contributed by atoms with Crippen LogP contribution in [-0.2, 0) is 9.59 Å². The summed E-state index contributed by atoms with van der Waals surface area (Å²) in [5.74, 6) is 1.00. The molecule has 112 valence electrons. The molecule has 4 nitrogen and oxygen atoms in total. The van der Waals surface area contributed by atoms with Crippen molar-refractivity contribution in [1.82, 2.24) is 0 Å². The molecule has 0 N–H and O–H groups in total. The zero-order chi connectivity index (χ0) is 15.0. The molecule has 0 unspecified atom stereocenters. The monoisotopic (exact) mass is 287 g/mol. The van der Waals surface area contributed by atoms with Gasteiger partial charge in [0.2, 0.25) is 11.8 Å². The summed E-state index contributed by atoms with van der Waals surface area (Å²) in [6.07, 6.45) is 2.71. The van der Waals surface area contributed by atoms with Crippen molar-refractivity contribution in [1.29, 1.82) is 0 Å². The lowest BCUT2D eigenvalue weighted by Gasteiger charge is -2.25. The maximum atomic E-state index is 12.6. The summed E-state index contributed by atoms with van der Waals surface area (Å²) in [4.78, 5) is 26.5. The summed E-state index contributed by atoms with van der Waals surface area (Å²) in [5, 5.41) is 0. The average Bonchev–Trinajstić information content (AvgIpc) is 2.72. The first-order chi connectivity index (χ1) is 10.1. The fraction of sp³-hybridized carbons (Fsp3) is 0.529. The molecule has 0 radical (unpaired) electrons. The van der Waals surface area contributed by atoms with Crippen LogP contribution in [0.2, 0.25) is 0 Å². The Morgan fingerprint density at radius 1 is 1.10 bits per heavy atom. The second kappa shape index (κ2) is 5.51. The average molecular weight is 287 g/mol. The van der Waals surface area contributed by atoms with Gasteiger partial charge in [-0.2, -0.15) is 0 Å². The molecular formula is C17H21NO3. The first-order valence-corrected chi connectivity index (χ1v) is 7.72. The molecule has 2 fully saturated rings. The Balaban J connectivity index is 1.85. The van der Waals surface area contributed by atoms with Gasteiger partial charge in [0.15, 0.2) is 0 Å². The number of nitrogens with zero attached hydrogens (tertiary/aromatic N) is 1.